The molecule has 0 bridgehead atoms. The molecule has 4 rings (SSSR count). The lowest BCUT2D eigenvalue weighted by atomic mass is 10.0. The molecule has 36 heavy (non-hydrogen) atoms. The van der Waals surface area contributed by atoms with Crippen molar-refractivity contribution in [3.63, 3.8) is 0 Å². The minimum atomic E-state index is -0.409. The standard InChI is InChI=1S/C28H29N3O5/c1-16-14-24(35-4)21(27(33)30-16)11-12-23(32)25-18(3)31(26-22(25)10-7-13-29-26)17(2)19-8-6-9-20(15-19)28(34)36-5/h6-10,13-15,17H,11-12H2,1-5H3,(H,30,33). The summed E-state index contributed by atoms with van der Waals surface area (Å²) in [6.07, 6.45) is 2.09. The van der Waals surface area contributed by atoms with Crippen molar-refractivity contribution in [3.05, 3.63) is 92.7 Å². The van der Waals surface area contributed by atoms with E-state index < -0.39 is 5.97 Å². The number of aryl methyl sites for hydroxylation is 1. The summed E-state index contributed by atoms with van der Waals surface area (Å²) in [4.78, 5) is 45.4. The fourth-order valence-electron chi connectivity index (χ4n) is 4.75. The summed E-state index contributed by atoms with van der Waals surface area (Å²) >= 11 is 0. The summed E-state index contributed by atoms with van der Waals surface area (Å²) < 4.78 is 12.3. The van der Waals surface area contributed by atoms with Crippen molar-refractivity contribution in [2.75, 3.05) is 14.2 Å². The highest BCUT2D eigenvalue weighted by Gasteiger charge is 2.24. The molecule has 3 aromatic heterocycles. The number of ketones is 1. The molecule has 0 aliphatic rings. The number of aromatic amines is 1. The Morgan fingerprint density at radius 1 is 1.11 bits per heavy atom. The molecule has 1 aromatic carbocycles. The zero-order chi connectivity index (χ0) is 26.0. The van der Waals surface area contributed by atoms with E-state index in [9.17, 15) is 14.4 Å². The molecule has 0 spiro atoms. The second-order valence-corrected chi connectivity index (χ2v) is 8.75. The lowest BCUT2D eigenvalue weighted by molar-refractivity contribution is 0.0600. The minimum absolute atomic E-state index is 0.0817. The first-order chi connectivity index (χ1) is 17.3. The molecule has 1 unspecified atom stereocenters. The molecule has 186 valence electrons. The highest BCUT2D eigenvalue weighted by Crippen LogP contribution is 2.32. The zero-order valence-corrected chi connectivity index (χ0v) is 21.0. The van der Waals surface area contributed by atoms with Crippen molar-refractivity contribution in [2.24, 2.45) is 0 Å². The summed E-state index contributed by atoms with van der Waals surface area (Å²) in [5.74, 6) is -0.0144. The Hall–Kier alpha value is -4.20. The largest absolute Gasteiger partial charge is 0.496 e. The maximum Gasteiger partial charge on any atom is 0.337 e. The van der Waals surface area contributed by atoms with Crippen LogP contribution in [-0.4, -0.2) is 40.5 Å². The fraction of sp³-hybridized carbons (Fsp3) is 0.286. The van der Waals surface area contributed by atoms with Gasteiger partial charge < -0.3 is 19.0 Å². The Morgan fingerprint density at radius 2 is 1.89 bits per heavy atom. The van der Waals surface area contributed by atoms with Gasteiger partial charge in [0, 0.05) is 35.0 Å². The predicted molar refractivity (Wildman–Crippen MR) is 137 cm³/mol. The molecule has 0 fully saturated rings. The topological polar surface area (TPSA) is 103 Å². The number of carbonyl (C=O) groups excluding carboxylic acids is 2. The monoisotopic (exact) mass is 487 g/mol. The number of nitrogens with one attached hydrogen (secondary N) is 1. The highest BCUT2D eigenvalue weighted by molar-refractivity contribution is 6.09. The molecule has 0 aliphatic heterocycles. The van der Waals surface area contributed by atoms with Crippen LogP contribution in [0.2, 0.25) is 0 Å². The quantitative estimate of drug-likeness (QED) is 0.289. The number of pyridine rings is 2. The Bertz CT molecular complexity index is 1520. The number of rotatable bonds is 8. The van der Waals surface area contributed by atoms with Crippen molar-refractivity contribution in [1.82, 2.24) is 14.5 Å². The average molecular weight is 488 g/mol. The molecule has 0 amide bonds. The molecule has 0 saturated carbocycles. The van der Waals surface area contributed by atoms with Gasteiger partial charge in [-0.3, -0.25) is 9.59 Å². The number of benzene rings is 1. The SMILES string of the molecule is COC(=O)c1cccc(C(C)n2c(C)c(C(=O)CCc3c(OC)cc(C)[nH]c3=O)c3cccnc32)c1. The predicted octanol–water partition coefficient (Wildman–Crippen LogP) is 4.56. The van der Waals surface area contributed by atoms with Gasteiger partial charge in [-0.25, -0.2) is 9.78 Å². The minimum Gasteiger partial charge on any atom is -0.496 e. The maximum atomic E-state index is 13.5. The van der Waals surface area contributed by atoms with Crippen LogP contribution in [0.3, 0.4) is 0 Å². The number of hydrogen-bond acceptors (Lipinski definition) is 6. The second-order valence-electron chi connectivity index (χ2n) is 8.75. The van der Waals surface area contributed by atoms with Gasteiger partial charge in [-0.15, -0.1) is 0 Å². The third kappa shape index (κ3) is 4.54. The van der Waals surface area contributed by atoms with E-state index in [1.807, 2.05) is 36.6 Å². The van der Waals surface area contributed by atoms with E-state index in [0.29, 0.717) is 33.8 Å². The number of methoxy groups -OCH3 is 2. The van der Waals surface area contributed by atoms with Crippen LogP contribution in [0.4, 0.5) is 0 Å². The summed E-state index contributed by atoms with van der Waals surface area (Å²) in [6.45, 7) is 5.68. The fourth-order valence-corrected chi connectivity index (χ4v) is 4.75. The highest BCUT2D eigenvalue weighted by atomic mass is 16.5. The van der Waals surface area contributed by atoms with Gasteiger partial charge in [-0.1, -0.05) is 12.1 Å². The van der Waals surface area contributed by atoms with E-state index in [4.69, 9.17) is 9.47 Å². The van der Waals surface area contributed by atoms with Crippen LogP contribution in [0.1, 0.15) is 62.6 Å². The van der Waals surface area contributed by atoms with Gasteiger partial charge in [0.15, 0.2) is 5.78 Å². The van der Waals surface area contributed by atoms with E-state index in [1.54, 1.807) is 37.4 Å². The smallest absolute Gasteiger partial charge is 0.337 e. The first kappa shape index (κ1) is 24.9. The Labute approximate surface area is 208 Å². The normalized spacial score (nSPS) is 11.9. The van der Waals surface area contributed by atoms with Crippen molar-refractivity contribution < 1.29 is 19.1 Å². The van der Waals surface area contributed by atoms with Crippen LogP contribution in [-0.2, 0) is 11.2 Å². The van der Waals surface area contributed by atoms with Gasteiger partial charge in [-0.2, -0.15) is 0 Å². The van der Waals surface area contributed by atoms with Gasteiger partial charge in [0.25, 0.3) is 5.56 Å². The third-order valence-electron chi connectivity index (χ3n) is 6.52. The maximum absolute atomic E-state index is 13.5. The first-order valence-electron chi connectivity index (χ1n) is 11.7. The second kappa shape index (κ2) is 10.2. The summed E-state index contributed by atoms with van der Waals surface area (Å²) in [7, 11) is 2.86. The van der Waals surface area contributed by atoms with Crippen molar-refractivity contribution in [3.8, 4) is 5.75 Å². The Kier molecular flexibility index (Phi) is 7.05. The molecule has 3 heterocycles. The van der Waals surface area contributed by atoms with Gasteiger partial charge >= 0.3 is 5.97 Å². The van der Waals surface area contributed by atoms with Gasteiger partial charge in [-0.05, 0) is 63.1 Å². The molecule has 0 radical (unpaired) electrons. The first-order valence-corrected chi connectivity index (χ1v) is 11.7. The van der Waals surface area contributed by atoms with Gasteiger partial charge in [0.05, 0.1) is 31.4 Å². The molecular weight excluding hydrogens is 458 g/mol. The number of Topliss-reactive ketones (excluding diaryl/α,β-unsaturated/α-hetero) is 1. The summed E-state index contributed by atoms with van der Waals surface area (Å²) in [5.41, 5.74) is 4.27. The van der Waals surface area contributed by atoms with Crippen molar-refractivity contribution in [1.29, 1.82) is 0 Å². The van der Waals surface area contributed by atoms with E-state index in [0.717, 1.165) is 16.6 Å². The van der Waals surface area contributed by atoms with E-state index in [2.05, 4.69) is 9.97 Å². The lowest BCUT2D eigenvalue weighted by Gasteiger charge is -2.18. The van der Waals surface area contributed by atoms with Gasteiger partial charge in [0.2, 0.25) is 0 Å². The van der Waals surface area contributed by atoms with Crippen LogP contribution in [0.25, 0.3) is 11.0 Å². The number of carbonyl (C=O) groups is 2. The molecule has 1 N–H and O–H groups in total. The Morgan fingerprint density at radius 3 is 2.61 bits per heavy atom. The van der Waals surface area contributed by atoms with Crippen molar-refractivity contribution >= 4 is 22.8 Å². The number of nitrogens with zero attached hydrogens (tertiary/aromatic N) is 2. The molecule has 1 atom stereocenters. The van der Waals surface area contributed by atoms with Crippen LogP contribution in [0.5, 0.6) is 5.75 Å². The van der Waals surface area contributed by atoms with Crippen LogP contribution in [0, 0.1) is 13.8 Å². The zero-order valence-electron chi connectivity index (χ0n) is 21.0. The Balaban J connectivity index is 1.72. The van der Waals surface area contributed by atoms with Crippen LogP contribution in [0.15, 0.2) is 53.5 Å². The number of H-pyrrole nitrogens is 1. The molecule has 0 aliphatic carbocycles. The van der Waals surface area contributed by atoms with E-state index in [-0.39, 0.29) is 30.2 Å². The number of aromatic nitrogens is 3. The van der Waals surface area contributed by atoms with Crippen molar-refractivity contribution in [2.45, 2.75) is 39.7 Å². The lowest BCUT2D eigenvalue weighted by Crippen LogP contribution is -2.17. The number of hydrogen-bond donors (Lipinski definition) is 1. The molecular formula is C28H29N3O5. The number of ether oxygens (including phenoxy) is 2. The van der Waals surface area contributed by atoms with E-state index in [1.165, 1.54) is 14.2 Å². The third-order valence-corrected chi connectivity index (χ3v) is 6.52. The average Bonchev–Trinajstić information content (AvgIpc) is 3.18. The molecule has 8 nitrogen and oxygen atoms in total. The summed E-state index contributed by atoms with van der Waals surface area (Å²) in [6, 6.07) is 12.5. The molecule has 4 aromatic rings. The molecule has 8 heteroatoms. The van der Waals surface area contributed by atoms with Gasteiger partial charge in [0.1, 0.15) is 11.4 Å². The summed E-state index contributed by atoms with van der Waals surface area (Å²) in [5, 5.41) is 0.751. The molecule has 0 saturated heterocycles. The van der Waals surface area contributed by atoms with Crippen LogP contribution >= 0.6 is 0 Å². The number of esters is 1. The van der Waals surface area contributed by atoms with Crippen LogP contribution < -0.4 is 10.3 Å². The van der Waals surface area contributed by atoms with E-state index >= 15 is 0 Å². The number of fused-ring (bicyclic) bond motifs is 1.